The summed E-state index contributed by atoms with van der Waals surface area (Å²) in [5.74, 6) is 0.266. The molecule has 3 N–H and O–H groups in total. The molecule has 3 aromatic heterocycles. The van der Waals surface area contributed by atoms with Crippen LogP contribution in [0.3, 0.4) is 0 Å². The van der Waals surface area contributed by atoms with Gasteiger partial charge in [-0.15, -0.1) is 11.3 Å². The Bertz CT molecular complexity index is 1460. The molecule has 1 atom stereocenters. The first-order valence-corrected chi connectivity index (χ1v) is 12.7. The Balaban J connectivity index is 1.16. The summed E-state index contributed by atoms with van der Waals surface area (Å²) in [5, 5.41) is 1.67. The van der Waals surface area contributed by atoms with Gasteiger partial charge in [-0.25, -0.2) is 9.97 Å². The number of amides is 1. The monoisotopic (exact) mass is 514 g/mol. The Morgan fingerprint density at radius 2 is 1.97 bits per heavy atom. The molecule has 0 saturated carbocycles. The molecular formula is C25H25F3N6OS. The number of carbonyl (C=O) groups excluding carboxylic acids is 1. The summed E-state index contributed by atoms with van der Waals surface area (Å²) >= 11 is 1.09. The fraction of sp³-hybridized carbons (Fsp3) is 0.400. The minimum atomic E-state index is -4.24. The van der Waals surface area contributed by atoms with E-state index in [0.717, 1.165) is 73.6 Å². The third kappa shape index (κ3) is 4.41. The van der Waals surface area contributed by atoms with Gasteiger partial charge < -0.3 is 15.6 Å². The summed E-state index contributed by atoms with van der Waals surface area (Å²) in [7, 11) is 0. The molecule has 1 spiro atoms. The average molecular weight is 515 g/mol. The van der Waals surface area contributed by atoms with Crippen LogP contribution in [0, 0.1) is 5.41 Å². The smallest absolute Gasteiger partial charge is 0.364 e. The molecule has 6 rings (SSSR count). The van der Waals surface area contributed by atoms with E-state index in [1.54, 1.807) is 12.1 Å². The molecule has 2 aliphatic rings. The van der Waals surface area contributed by atoms with Gasteiger partial charge in [0.25, 0.3) is 5.91 Å². The average Bonchev–Trinajstić information content (AvgIpc) is 3.58. The molecule has 1 aromatic carbocycles. The van der Waals surface area contributed by atoms with Crippen molar-refractivity contribution in [3.63, 3.8) is 0 Å². The number of alkyl halides is 3. The fourth-order valence-corrected chi connectivity index (χ4v) is 6.73. The third-order valence-electron chi connectivity index (χ3n) is 7.35. The van der Waals surface area contributed by atoms with E-state index in [-0.39, 0.29) is 10.3 Å². The number of likely N-dealkylation sites (tertiary alicyclic amines) is 1. The minimum absolute atomic E-state index is 0.137. The summed E-state index contributed by atoms with van der Waals surface area (Å²) in [5.41, 5.74) is 8.00. The number of primary amides is 1. The Morgan fingerprint density at radius 3 is 2.78 bits per heavy atom. The standard InChI is InChI=1S/C25H25F3N6OS/c26-25(27,28)10-17-9-18-22(30-14-31-23(18)36-17)34-6-4-24(13-34)3-5-33(12-24)11-15-1-2-16-8-20(21(29)35)32-19(16)7-15/h1-2,7-9,14,32H,3-6,10-13H2,(H2,29,35)/t24-/m1/s1. The van der Waals surface area contributed by atoms with Gasteiger partial charge in [-0.05, 0) is 43.1 Å². The van der Waals surface area contributed by atoms with E-state index in [1.165, 1.54) is 11.9 Å². The second-order valence-electron chi connectivity index (χ2n) is 10.0. The van der Waals surface area contributed by atoms with E-state index in [9.17, 15) is 18.0 Å². The number of benzene rings is 1. The van der Waals surface area contributed by atoms with Crippen LogP contribution in [-0.2, 0) is 13.0 Å². The molecular weight excluding hydrogens is 489 g/mol. The van der Waals surface area contributed by atoms with Gasteiger partial charge in [-0.3, -0.25) is 9.69 Å². The second-order valence-corrected chi connectivity index (χ2v) is 11.1. The van der Waals surface area contributed by atoms with Crippen LogP contribution >= 0.6 is 11.3 Å². The van der Waals surface area contributed by atoms with Crippen LogP contribution in [0.4, 0.5) is 19.0 Å². The van der Waals surface area contributed by atoms with Crippen LogP contribution in [-0.4, -0.2) is 58.1 Å². The number of nitrogens with one attached hydrogen (secondary N) is 1. The Kier molecular flexibility index (Phi) is 5.45. The van der Waals surface area contributed by atoms with Crippen molar-refractivity contribution in [1.82, 2.24) is 19.9 Å². The fourth-order valence-electron chi connectivity index (χ4n) is 5.70. The van der Waals surface area contributed by atoms with Gasteiger partial charge in [0, 0.05) is 47.4 Å². The van der Waals surface area contributed by atoms with Crippen LogP contribution in [0.2, 0.25) is 0 Å². The summed E-state index contributed by atoms with van der Waals surface area (Å²) in [6.45, 7) is 4.41. The van der Waals surface area contributed by atoms with Gasteiger partial charge in [0.1, 0.15) is 22.7 Å². The van der Waals surface area contributed by atoms with Gasteiger partial charge >= 0.3 is 6.18 Å². The molecule has 188 valence electrons. The number of hydrogen-bond donors (Lipinski definition) is 2. The summed E-state index contributed by atoms with van der Waals surface area (Å²) < 4.78 is 38.7. The lowest BCUT2D eigenvalue weighted by Crippen LogP contribution is -2.31. The number of rotatable bonds is 5. The number of fused-ring (bicyclic) bond motifs is 2. The molecule has 2 saturated heterocycles. The normalized spacial score (nSPS) is 20.9. The van der Waals surface area contributed by atoms with Crippen molar-refractivity contribution >= 4 is 44.2 Å². The van der Waals surface area contributed by atoms with Crippen molar-refractivity contribution in [2.45, 2.75) is 32.0 Å². The minimum Gasteiger partial charge on any atom is -0.364 e. The summed E-state index contributed by atoms with van der Waals surface area (Å²) in [6, 6.07) is 9.53. The molecule has 2 fully saturated rings. The van der Waals surface area contributed by atoms with Crippen LogP contribution in [0.25, 0.3) is 21.1 Å². The van der Waals surface area contributed by atoms with E-state index < -0.39 is 18.5 Å². The van der Waals surface area contributed by atoms with Crippen molar-refractivity contribution in [2.24, 2.45) is 11.1 Å². The highest BCUT2D eigenvalue weighted by Crippen LogP contribution is 2.43. The van der Waals surface area contributed by atoms with Gasteiger partial charge in [-0.1, -0.05) is 12.1 Å². The van der Waals surface area contributed by atoms with Gasteiger partial charge in [0.05, 0.1) is 11.8 Å². The number of thiophene rings is 1. The van der Waals surface area contributed by atoms with Crippen molar-refractivity contribution in [1.29, 1.82) is 0 Å². The molecule has 0 unspecified atom stereocenters. The molecule has 11 heteroatoms. The number of halogens is 3. The number of carbonyl (C=O) groups is 1. The highest BCUT2D eigenvalue weighted by molar-refractivity contribution is 7.18. The largest absolute Gasteiger partial charge is 0.393 e. The summed E-state index contributed by atoms with van der Waals surface area (Å²) in [6.07, 6.45) is -1.64. The quantitative estimate of drug-likeness (QED) is 0.410. The molecule has 2 aliphatic heterocycles. The molecule has 5 heterocycles. The van der Waals surface area contributed by atoms with Crippen molar-refractivity contribution in [2.75, 3.05) is 31.1 Å². The molecule has 4 aromatic rings. The molecule has 0 radical (unpaired) electrons. The first kappa shape index (κ1) is 23.2. The Hall–Kier alpha value is -3.18. The number of anilines is 1. The van der Waals surface area contributed by atoms with E-state index >= 15 is 0 Å². The topological polar surface area (TPSA) is 91.1 Å². The molecule has 7 nitrogen and oxygen atoms in total. The van der Waals surface area contributed by atoms with Crippen molar-refractivity contribution in [3.8, 4) is 0 Å². The second kappa shape index (κ2) is 8.45. The maximum Gasteiger partial charge on any atom is 0.393 e. The number of nitrogens with zero attached hydrogens (tertiary/aromatic N) is 4. The highest BCUT2D eigenvalue weighted by atomic mass is 32.1. The first-order chi connectivity index (χ1) is 17.2. The highest BCUT2D eigenvalue weighted by Gasteiger charge is 2.44. The van der Waals surface area contributed by atoms with Crippen molar-refractivity contribution in [3.05, 3.63) is 52.8 Å². The van der Waals surface area contributed by atoms with Gasteiger partial charge in [0.2, 0.25) is 0 Å². The van der Waals surface area contributed by atoms with E-state index in [2.05, 4.69) is 36.9 Å². The van der Waals surface area contributed by atoms with Crippen LogP contribution in [0.15, 0.2) is 36.7 Å². The SMILES string of the molecule is NC(=O)c1cc2ccc(CN3CC[C@@]4(CCN(c5ncnc6sc(CC(F)(F)F)cc56)C4)C3)cc2[nH]1. The molecule has 1 amide bonds. The zero-order chi connectivity index (χ0) is 25.1. The van der Waals surface area contributed by atoms with Crippen LogP contribution < -0.4 is 10.6 Å². The number of H-pyrrole nitrogens is 1. The maximum absolute atomic E-state index is 12.9. The van der Waals surface area contributed by atoms with Gasteiger partial charge in [-0.2, -0.15) is 13.2 Å². The molecule has 0 bridgehead atoms. The van der Waals surface area contributed by atoms with Crippen LogP contribution in [0.5, 0.6) is 0 Å². The molecule has 0 aliphatic carbocycles. The summed E-state index contributed by atoms with van der Waals surface area (Å²) in [4.78, 5) is 28.8. The van der Waals surface area contributed by atoms with E-state index in [4.69, 9.17) is 5.73 Å². The Labute approximate surface area is 209 Å². The predicted octanol–water partition coefficient (Wildman–Crippen LogP) is 4.48. The maximum atomic E-state index is 12.9. The zero-order valence-corrected chi connectivity index (χ0v) is 20.3. The number of aromatic nitrogens is 3. The number of hydrogen-bond acceptors (Lipinski definition) is 6. The molecule has 36 heavy (non-hydrogen) atoms. The lowest BCUT2D eigenvalue weighted by atomic mass is 9.86. The van der Waals surface area contributed by atoms with E-state index in [1.807, 2.05) is 6.07 Å². The van der Waals surface area contributed by atoms with Crippen LogP contribution in [0.1, 0.15) is 33.8 Å². The van der Waals surface area contributed by atoms with E-state index in [0.29, 0.717) is 15.9 Å². The lowest BCUT2D eigenvalue weighted by Gasteiger charge is -2.25. The third-order valence-corrected chi connectivity index (χ3v) is 8.39. The van der Waals surface area contributed by atoms with Gasteiger partial charge in [0.15, 0.2) is 0 Å². The first-order valence-electron chi connectivity index (χ1n) is 11.9. The van der Waals surface area contributed by atoms with Crippen molar-refractivity contribution < 1.29 is 18.0 Å². The Morgan fingerprint density at radius 1 is 1.14 bits per heavy atom. The lowest BCUT2D eigenvalue weighted by molar-refractivity contribution is -0.126. The number of nitrogens with two attached hydrogens (primary N) is 1. The zero-order valence-electron chi connectivity index (χ0n) is 19.4. The predicted molar refractivity (Wildman–Crippen MR) is 133 cm³/mol. The number of aromatic amines is 1.